The molecule has 0 atom stereocenters. The van der Waals surface area contributed by atoms with E-state index in [0.29, 0.717) is 12.3 Å². The molecule has 1 aromatic carbocycles. The third-order valence-corrected chi connectivity index (χ3v) is 3.94. The topological polar surface area (TPSA) is 84.0 Å². The van der Waals surface area contributed by atoms with Gasteiger partial charge in [0.15, 0.2) is 0 Å². The molecule has 28 heavy (non-hydrogen) atoms. The Labute approximate surface area is 156 Å². The second kappa shape index (κ2) is 7.55. The van der Waals surface area contributed by atoms with Gasteiger partial charge in [0.05, 0.1) is 12.1 Å². The van der Waals surface area contributed by atoms with Gasteiger partial charge in [0.2, 0.25) is 0 Å². The molecule has 0 saturated heterocycles. The lowest BCUT2D eigenvalue weighted by atomic mass is 10.2. The van der Waals surface area contributed by atoms with Crippen molar-refractivity contribution in [1.29, 1.82) is 0 Å². The fraction of sp³-hybridized carbons (Fsp3) is 0.105. The number of hydrogen-bond donors (Lipinski definition) is 2. The SMILES string of the molecule is O=C(Nc1cc(C(F)(F)F)c[nH]c1=O)c1cccn(Cc2ccccc2)c1=O. The number of rotatable bonds is 4. The van der Waals surface area contributed by atoms with E-state index in [2.05, 4.69) is 5.32 Å². The summed E-state index contributed by atoms with van der Waals surface area (Å²) in [4.78, 5) is 38.6. The van der Waals surface area contributed by atoms with Gasteiger partial charge in [-0.3, -0.25) is 14.4 Å². The molecule has 0 bridgehead atoms. The van der Waals surface area contributed by atoms with Gasteiger partial charge in [-0.2, -0.15) is 13.2 Å². The second-order valence-corrected chi connectivity index (χ2v) is 5.92. The van der Waals surface area contributed by atoms with Gasteiger partial charge in [-0.05, 0) is 23.8 Å². The van der Waals surface area contributed by atoms with Gasteiger partial charge >= 0.3 is 6.18 Å². The van der Waals surface area contributed by atoms with Crippen LogP contribution in [0.1, 0.15) is 21.5 Å². The van der Waals surface area contributed by atoms with Crippen molar-refractivity contribution in [3.05, 3.63) is 98.3 Å². The van der Waals surface area contributed by atoms with Crippen molar-refractivity contribution >= 4 is 11.6 Å². The minimum Gasteiger partial charge on any atom is -0.327 e. The van der Waals surface area contributed by atoms with Crippen molar-refractivity contribution in [1.82, 2.24) is 9.55 Å². The van der Waals surface area contributed by atoms with Crippen LogP contribution in [0, 0.1) is 0 Å². The van der Waals surface area contributed by atoms with Crippen molar-refractivity contribution in [2.24, 2.45) is 0 Å². The molecule has 1 amide bonds. The number of carbonyl (C=O) groups excluding carboxylic acids is 1. The van der Waals surface area contributed by atoms with Crippen LogP contribution in [0.4, 0.5) is 18.9 Å². The van der Waals surface area contributed by atoms with E-state index < -0.39 is 34.5 Å². The molecule has 144 valence electrons. The molecule has 0 aliphatic rings. The quantitative estimate of drug-likeness (QED) is 0.720. The summed E-state index contributed by atoms with van der Waals surface area (Å²) in [7, 11) is 0. The van der Waals surface area contributed by atoms with Crippen LogP contribution in [-0.4, -0.2) is 15.5 Å². The number of carbonyl (C=O) groups is 1. The van der Waals surface area contributed by atoms with Gasteiger partial charge in [-0.15, -0.1) is 0 Å². The number of anilines is 1. The highest BCUT2D eigenvalue weighted by molar-refractivity contribution is 6.03. The first-order valence-electron chi connectivity index (χ1n) is 8.10. The van der Waals surface area contributed by atoms with Gasteiger partial charge in [0.1, 0.15) is 11.3 Å². The summed E-state index contributed by atoms with van der Waals surface area (Å²) in [6, 6.07) is 12.3. The maximum Gasteiger partial charge on any atom is 0.417 e. The molecule has 3 rings (SSSR count). The lowest BCUT2D eigenvalue weighted by molar-refractivity contribution is -0.137. The maximum absolute atomic E-state index is 12.8. The Morgan fingerprint density at radius 2 is 1.79 bits per heavy atom. The van der Waals surface area contributed by atoms with Crippen LogP contribution in [0.25, 0.3) is 0 Å². The molecule has 9 heteroatoms. The largest absolute Gasteiger partial charge is 0.417 e. The van der Waals surface area contributed by atoms with Crippen LogP contribution < -0.4 is 16.4 Å². The summed E-state index contributed by atoms with van der Waals surface area (Å²) < 4.78 is 39.7. The average Bonchev–Trinajstić information content (AvgIpc) is 2.65. The van der Waals surface area contributed by atoms with Crippen LogP contribution in [0.5, 0.6) is 0 Å². The van der Waals surface area contributed by atoms with Crippen molar-refractivity contribution in [3.8, 4) is 0 Å². The number of aromatic nitrogens is 2. The fourth-order valence-corrected chi connectivity index (χ4v) is 2.54. The molecule has 6 nitrogen and oxygen atoms in total. The number of nitrogens with zero attached hydrogens (tertiary/aromatic N) is 1. The molecule has 2 N–H and O–H groups in total. The Morgan fingerprint density at radius 1 is 1.07 bits per heavy atom. The Morgan fingerprint density at radius 3 is 2.46 bits per heavy atom. The molecule has 0 fully saturated rings. The zero-order valence-corrected chi connectivity index (χ0v) is 14.3. The minimum absolute atomic E-state index is 0.213. The summed E-state index contributed by atoms with van der Waals surface area (Å²) >= 11 is 0. The predicted molar refractivity (Wildman–Crippen MR) is 96.3 cm³/mol. The van der Waals surface area contributed by atoms with Crippen molar-refractivity contribution in [2.45, 2.75) is 12.7 Å². The summed E-state index contributed by atoms with van der Waals surface area (Å²) in [5, 5.41) is 2.07. The highest BCUT2D eigenvalue weighted by Gasteiger charge is 2.31. The van der Waals surface area contributed by atoms with E-state index in [4.69, 9.17) is 0 Å². The standard InChI is InChI=1S/C19H14F3N3O3/c20-19(21,22)13-9-15(17(27)23-10-13)24-16(26)14-7-4-8-25(18(14)28)11-12-5-2-1-3-6-12/h1-10H,11H2,(H,23,27)(H,24,26). The van der Waals surface area contributed by atoms with Gasteiger partial charge in [0.25, 0.3) is 17.0 Å². The molecule has 0 saturated carbocycles. The lowest BCUT2D eigenvalue weighted by Gasteiger charge is -2.10. The van der Waals surface area contributed by atoms with Gasteiger partial charge in [-0.25, -0.2) is 0 Å². The number of aromatic amines is 1. The van der Waals surface area contributed by atoms with Gasteiger partial charge in [0, 0.05) is 12.4 Å². The average molecular weight is 389 g/mol. The zero-order valence-electron chi connectivity index (χ0n) is 14.3. The van der Waals surface area contributed by atoms with Crippen molar-refractivity contribution < 1.29 is 18.0 Å². The van der Waals surface area contributed by atoms with E-state index in [1.807, 2.05) is 11.1 Å². The van der Waals surface area contributed by atoms with E-state index in [-0.39, 0.29) is 12.1 Å². The number of amides is 1. The van der Waals surface area contributed by atoms with Gasteiger partial charge < -0.3 is 14.9 Å². The summed E-state index contributed by atoms with van der Waals surface area (Å²) in [5.41, 5.74) is -2.74. The predicted octanol–water partition coefficient (Wildman–Crippen LogP) is 2.86. The number of hydrogen-bond acceptors (Lipinski definition) is 3. The normalized spacial score (nSPS) is 11.2. The molecule has 2 aromatic heterocycles. The lowest BCUT2D eigenvalue weighted by Crippen LogP contribution is -2.30. The van der Waals surface area contributed by atoms with E-state index in [1.165, 1.54) is 22.9 Å². The molecular weight excluding hydrogens is 375 g/mol. The van der Waals surface area contributed by atoms with Crippen LogP contribution in [0.3, 0.4) is 0 Å². The first kappa shape index (κ1) is 19.2. The molecule has 2 heterocycles. The third-order valence-electron chi connectivity index (χ3n) is 3.94. The first-order valence-corrected chi connectivity index (χ1v) is 8.10. The first-order chi connectivity index (χ1) is 13.3. The van der Waals surface area contributed by atoms with Crippen LogP contribution >= 0.6 is 0 Å². The maximum atomic E-state index is 12.8. The van der Waals surface area contributed by atoms with Crippen molar-refractivity contribution in [3.63, 3.8) is 0 Å². The Kier molecular flexibility index (Phi) is 5.16. The molecule has 3 aromatic rings. The Hall–Kier alpha value is -3.62. The Balaban J connectivity index is 1.89. The van der Waals surface area contributed by atoms with Crippen LogP contribution in [-0.2, 0) is 12.7 Å². The highest BCUT2D eigenvalue weighted by Crippen LogP contribution is 2.29. The highest BCUT2D eigenvalue weighted by atomic mass is 19.4. The number of pyridine rings is 2. The third kappa shape index (κ3) is 4.20. The minimum atomic E-state index is -4.70. The second-order valence-electron chi connectivity index (χ2n) is 5.92. The number of nitrogens with one attached hydrogen (secondary N) is 2. The van der Waals surface area contributed by atoms with E-state index in [0.717, 1.165) is 5.56 Å². The zero-order chi connectivity index (χ0) is 20.3. The number of H-pyrrole nitrogens is 1. The monoisotopic (exact) mass is 389 g/mol. The summed E-state index contributed by atoms with van der Waals surface area (Å²) in [6.07, 6.45) is -2.70. The van der Waals surface area contributed by atoms with Gasteiger partial charge in [-0.1, -0.05) is 30.3 Å². The molecule has 0 aliphatic heterocycles. The van der Waals surface area contributed by atoms with Crippen LogP contribution in [0.2, 0.25) is 0 Å². The summed E-state index contributed by atoms with van der Waals surface area (Å²) in [6.45, 7) is 0.213. The smallest absolute Gasteiger partial charge is 0.327 e. The van der Waals surface area contributed by atoms with Crippen molar-refractivity contribution in [2.75, 3.05) is 5.32 Å². The number of benzene rings is 1. The summed E-state index contributed by atoms with van der Waals surface area (Å²) in [5.74, 6) is -0.975. The number of alkyl halides is 3. The fourth-order valence-electron chi connectivity index (χ4n) is 2.54. The van der Waals surface area contributed by atoms with E-state index in [1.54, 1.807) is 24.3 Å². The molecule has 0 unspecified atom stereocenters. The van der Waals surface area contributed by atoms with E-state index >= 15 is 0 Å². The van der Waals surface area contributed by atoms with E-state index in [9.17, 15) is 27.6 Å². The van der Waals surface area contributed by atoms with Crippen LogP contribution in [0.15, 0.2) is 70.5 Å². The Bertz CT molecular complexity index is 1120. The molecule has 0 spiro atoms. The molecule has 0 radical (unpaired) electrons. The molecular formula is C19H14F3N3O3. The molecule has 0 aliphatic carbocycles. The number of halogens is 3.